The van der Waals surface area contributed by atoms with Gasteiger partial charge in [-0.15, -0.1) is 0 Å². The summed E-state index contributed by atoms with van der Waals surface area (Å²) in [5.41, 5.74) is -0.428. The second-order valence-electron chi connectivity index (χ2n) is 5.85. The van der Waals surface area contributed by atoms with Crippen LogP contribution in [0.25, 0.3) is 11.0 Å². The van der Waals surface area contributed by atoms with Crippen molar-refractivity contribution in [1.82, 2.24) is 19.7 Å². The zero-order chi connectivity index (χ0) is 19.8. The Morgan fingerprint density at radius 2 is 1.96 bits per heavy atom. The van der Waals surface area contributed by atoms with Gasteiger partial charge in [-0.2, -0.15) is 23.3 Å². The van der Waals surface area contributed by atoms with Gasteiger partial charge in [0, 0.05) is 0 Å². The molecule has 0 fully saturated rings. The van der Waals surface area contributed by atoms with E-state index >= 15 is 0 Å². The largest absolute Gasteiger partial charge is 0.465 e. The smallest absolute Gasteiger partial charge is 0.416 e. The molecule has 7 nitrogen and oxygen atoms in total. The standard InChI is InChI=1S/C17H17F3N4O3/c1-3-27-16-21-14-13(15(26)22-16)12(8-25)23-24(14)9(2)10-4-6-11(7-5-10)17(18,19)20/h4-7,9,25H,3,8H2,1-2H3,(H,21,22,26)/t9-/m0/s1. The van der Waals surface area contributed by atoms with Crippen molar-refractivity contribution in [3.05, 3.63) is 51.4 Å². The topological polar surface area (TPSA) is 93.0 Å². The lowest BCUT2D eigenvalue weighted by atomic mass is 10.1. The van der Waals surface area contributed by atoms with E-state index in [1.165, 1.54) is 16.8 Å². The molecular formula is C17H17F3N4O3. The van der Waals surface area contributed by atoms with E-state index in [4.69, 9.17) is 4.74 Å². The number of H-pyrrole nitrogens is 1. The van der Waals surface area contributed by atoms with Crippen LogP contribution < -0.4 is 10.3 Å². The molecule has 3 rings (SSSR count). The summed E-state index contributed by atoms with van der Waals surface area (Å²) in [5, 5.41) is 13.8. The number of alkyl halides is 3. The maximum atomic E-state index is 12.8. The maximum Gasteiger partial charge on any atom is 0.416 e. The zero-order valence-electron chi connectivity index (χ0n) is 14.5. The maximum absolute atomic E-state index is 12.8. The second-order valence-corrected chi connectivity index (χ2v) is 5.85. The van der Waals surface area contributed by atoms with Gasteiger partial charge >= 0.3 is 6.18 Å². The van der Waals surface area contributed by atoms with Gasteiger partial charge < -0.3 is 9.84 Å². The number of nitrogens with zero attached hydrogens (tertiary/aromatic N) is 3. The van der Waals surface area contributed by atoms with Gasteiger partial charge in [0.25, 0.3) is 11.6 Å². The van der Waals surface area contributed by atoms with Crippen LogP contribution >= 0.6 is 0 Å². The number of nitrogens with one attached hydrogen (secondary N) is 1. The van der Waals surface area contributed by atoms with Crippen LogP contribution in [0.5, 0.6) is 6.01 Å². The van der Waals surface area contributed by atoms with Gasteiger partial charge in [-0.1, -0.05) is 12.1 Å². The molecule has 2 N–H and O–H groups in total. The summed E-state index contributed by atoms with van der Waals surface area (Å²) in [4.78, 5) is 19.0. The average molecular weight is 382 g/mol. The Balaban J connectivity index is 2.11. The molecule has 0 aliphatic rings. The van der Waals surface area contributed by atoms with Crippen LogP contribution in [0.4, 0.5) is 13.2 Å². The summed E-state index contributed by atoms with van der Waals surface area (Å²) in [5.74, 6) is 0. The zero-order valence-corrected chi connectivity index (χ0v) is 14.5. The lowest BCUT2D eigenvalue weighted by molar-refractivity contribution is -0.137. The van der Waals surface area contributed by atoms with E-state index < -0.39 is 29.9 Å². The highest BCUT2D eigenvalue weighted by Gasteiger charge is 2.30. The van der Waals surface area contributed by atoms with E-state index in [1.807, 2.05) is 0 Å². The first kappa shape index (κ1) is 18.9. The van der Waals surface area contributed by atoms with Crippen molar-refractivity contribution in [3.63, 3.8) is 0 Å². The molecule has 2 heterocycles. The predicted molar refractivity (Wildman–Crippen MR) is 90.5 cm³/mol. The lowest BCUT2D eigenvalue weighted by Gasteiger charge is -2.15. The molecule has 0 saturated heterocycles. The number of hydrogen-bond donors (Lipinski definition) is 2. The normalized spacial score (nSPS) is 13.1. The summed E-state index contributed by atoms with van der Waals surface area (Å²) in [7, 11) is 0. The molecule has 1 aromatic carbocycles. The van der Waals surface area contributed by atoms with Crippen molar-refractivity contribution in [2.75, 3.05) is 6.61 Å². The van der Waals surface area contributed by atoms with Gasteiger partial charge in [-0.3, -0.25) is 9.78 Å². The molecule has 3 aromatic rings. The van der Waals surface area contributed by atoms with E-state index in [9.17, 15) is 23.1 Å². The molecule has 0 saturated carbocycles. The predicted octanol–water partition coefficient (Wildman–Crippen LogP) is 2.64. The van der Waals surface area contributed by atoms with Crippen molar-refractivity contribution in [2.45, 2.75) is 32.7 Å². The molecule has 0 bridgehead atoms. The monoisotopic (exact) mass is 382 g/mol. The summed E-state index contributed by atoms with van der Waals surface area (Å²) >= 11 is 0. The van der Waals surface area contributed by atoms with Crippen LogP contribution in [0.3, 0.4) is 0 Å². The molecule has 0 amide bonds. The minimum Gasteiger partial charge on any atom is -0.465 e. The molecule has 2 aromatic heterocycles. The molecule has 1 atom stereocenters. The Morgan fingerprint density at radius 1 is 1.30 bits per heavy atom. The molecular weight excluding hydrogens is 365 g/mol. The summed E-state index contributed by atoms with van der Waals surface area (Å²) < 4.78 is 44.9. The third kappa shape index (κ3) is 3.52. The van der Waals surface area contributed by atoms with Gasteiger partial charge in [0.1, 0.15) is 11.1 Å². The Morgan fingerprint density at radius 3 is 2.52 bits per heavy atom. The fourth-order valence-corrected chi connectivity index (χ4v) is 2.77. The molecule has 0 radical (unpaired) electrons. The number of aliphatic hydroxyl groups is 1. The Hall–Kier alpha value is -2.88. The molecule has 0 unspecified atom stereocenters. The Labute approximate surface area is 151 Å². The minimum atomic E-state index is -4.43. The minimum absolute atomic E-state index is 0.000240. The number of benzene rings is 1. The summed E-state index contributed by atoms with van der Waals surface area (Å²) in [6.07, 6.45) is -4.43. The molecule has 144 valence electrons. The number of aliphatic hydroxyl groups excluding tert-OH is 1. The third-order valence-electron chi connectivity index (χ3n) is 4.13. The van der Waals surface area contributed by atoms with E-state index in [0.717, 1.165) is 12.1 Å². The van der Waals surface area contributed by atoms with Gasteiger partial charge in [-0.05, 0) is 31.5 Å². The quantitative estimate of drug-likeness (QED) is 0.708. The SMILES string of the molecule is CCOc1nc2c(c(CO)nn2[C@@H](C)c2ccc(C(F)(F)F)cc2)c(=O)[nH]1. The van der Waals surface area contributed by atoms with Crippen LogP contribution in [0.15, 0.2) is 29.1 Å². The number of hydrogen-bond acceptors (Lipinski definition) is 5. The fraction of sp³-hybridized carbons (Fsp3) is 0.353. The third-order valence-corrected chi connectivity index (χ3v) is 4.13. The highest BCUT2D eigenvalue weighted by molar-refractivity contribution is 5.77. The van der Waals surface area contributed by atoms with Crippen molar-refractivity contribution < 1.29 is 23.0 Å². The molecule has 27 heavy (non-hydrogen) atoms. The van der Waals surface area contributed by atoms with E-state index in [-0.39, 0.29) is 29.3 Å². The van der Waals surface area contributed by atoms with E-state index in [1.54, 1.807) is 13.8 Å². The molecule has 0 spiro atoms. The van der Waals surface area contributed by atoms with E-state index in [2.05, 4.69) is 15.1 Å². The second kappa shape index (κ2) is 7.03. The van der Waals surface area contributed by atoms with Crippen LogP contribution in [0.1, 0.15) is 36.7 Å². The van der Waals surface area contributed by atoms with Gasteiger partial charge in [0.05, 0.1) is 24.8 Å². The number of halogens is 3. The number of aromatic amines is 1. The van der Waals surface area contributed by atoms with Crippen LogP contribution in [0.2, 0.25) is 0 Å². The summed E-state index contributed by atoms with van der Waals surface area (Å²) in [6.45, 7) is 3.23. The highest BCUT2D eigenvalue weighted by atomic mass is 19.4. The van der Waals surface area contributed by atoms with Gasteiger partial charge in [-0.25, -0.2) is 4.68 Å². The highest BCUT2D eigenvalue weighted by Crippen LogP contribution is 2.31. The van der Waals surface area contributed by atoms with Crippen LogP contribution in [-0.4, -0.2) is 31.5 Å². The van der Waals surface area contributed by atoms with Crippen LogP contribution in [0, 0.1) is 0 Å². The molecule has 0 aliphatic carbocycles. The van der Waals surface area contributed by atoms with Gasteiger partial charge in [0.15, 0.2) is 5.65 Å². The molecule has 0 aliphatic heterocycles. The number of fused-ring (bicyclic) bond motifs is 1. The van der Waals surface area contributed by atoms with Crippen LogP contribution in [-0.2, 0) is 12.8 Å². The number of aromatic nitrogens is 4. The Kier molecular flexibility index (Phi) is 4.92. The first-order chi connectivity index (χ1) is 12.8. The first-order valence-electron chi connectivity index (χ1n) is 8.18. The van der Waals surface area contributed by atoms with E-state index in [0.29, 0.717) is 5.56 Å². The molecule has 10 heteroatoms. The summed E-state index contributed by atoms with van der Waals surface area (Å²) in [6, 6.07) is 4.12. The number of rotatable bonds is 5. The van der Waals surface area contributed by atoms with Gasteiger partial charge in [0.2, 0.25) is 0 Å². The first-order valence-corrected chi connectivity index (χ1v) is 8.18. The average Bonchev–Trinajstić information content (AvgIpc) is 3.00. The van der Waals surface area contributed by atoms with Crippen molar-refractivity contribution >= 4 is 11.0 Å². The van der Waals surface area contributed by atoms with Crippen molar-refractivity contribution in [1.29, 1.82) is 0 Å². The Bertz CT molecular complexity index is 1010. The van der Waals surface area contributed by atoms with Crippen molar-refractivity contribution in [2.24, 2.45) is 0 Å². The lowest BCUT2D eigenvalue weighted by Crippen LogP contribution is -2.14. The fourth-order valence-electron chi connectivity index (χ4n) is 2.77. The number of ether oxygens (including phenoxy) is 1. The van der Waals surface area contributed by atoms with Crippen molar-refractivity contribution in [3.8, 4) is 6.01 Å².